The monoisotopic (exact) mass is 364 g/mol. The average Bonchev–Trinajstić information content (AvgIpc) is 2.65. The third-order valence-corrected chi connectivity index (χ3v) is 5.93. The highest BCUT2D eigenvalue weighted by Crippen LogP contribution is 2.35. The number of pyridine rings is 1. The molecule has 0 saturated carbocycles. The van der Waals surface area contributed by atoms with Gasteiger partial charge in [0.15, 0.2) is 0 Å². The fourth-order valence-electron chi connectivity index (χ4n) is 4.69. The Morgan fingerprint density at radius 1 is 1.22 bits per heavy atom. The van der Waals surface area contributed by atoms with E-state index in [9.17, 15) is 4.79 Å². The maximum atomic E-state index is 12.9. The van der Waals surface area contributed by atoms with Gasteiger partial charge in [0.2, 0.25) is 5.91 Å². The second-order valence-corrected chi connectivity index (χ2v) is 8.23. The molecule has 4 rings (SSSR count). The van der Waals surface area contributed by atoms with E-state index >= 15 is 0 Å². The Hall–Kier alpha value is -2.27. The molecule has 2 aliphatic rings. The molecule has 3 heterocycles. The minimum atomic E-state index is 0.183. The topological polar surface area (TPSA) is 48.8 Å². The van der Waals surface area contributed by atoms with Crippen LogP contribution in [0.3, 0.4) is 0 Å². The number of hydrogen-bond acceptors (Lipinski definition) is 4. The number of rotatable bonds is 3. The van der Waals surface area contributed by atoms with E-state index < -0.39 is 0 Å². The van der Waals surface area contributed by atoms with Crippen molar-refractivity contribution in [1.82, 2.24) is 14.8 Å². The molecule has 2 atom stereocenters. The lowest BCUT2D eigenvalue weighted by Crippen LogP contribution is -2.55. The van der Waals surface area contributed by atoms with Crippen LogP contribution in [0.5, 0.6) is 0 Å². The van der Waals surface area contributed by atoms with Crippen molar-refractivity contribution in [3.63, 3.8) is 0 Å². The first-order valence-corrected chi connectivity index (χ1v) is 9.84. The fraction of sp³-hybridized carbons (Fsp3) is 0.500. The first-order valence-electron chi connectivity index (χ1n) is 9.84. The molecule has 1 aromatic heterocycles. The van der Waals surface area contributed by atoms with Crippen molar-refractivity contribution in [2.45, 2.75) is 19.3 Å². The summed E-state index contributed by atoms with van der Waals surface area (Å²) in [6.07, 6.45) is 4.82. The summed E-state index contributed by atoms with van der Waals surface area (Å²) in [7, 11) is 3.86. The van der Waals surface area contributed by atoms with E-state index in [0.29, 0.717) is 17.7 Å². The molecule has 2 saturated heterocycles. The van der Waals surface area contributed by atoms with Gasteiger partial charge in [0.05, 0.1) is 11.4 Å². The molecule has 2 fully saturated rings. The fourth-order valence-corrected chi connectivity index (χ4v) is 4.69. The van der Waals surface area contributed by atoms with Gasteiger partial charge in [0.25, 0.3) is 0 Å². The lowest BCUT2D eigenvalue weighted by Gasteiger charge is -2.42. The van der Waals surface area contributed by atoms with Crippen molar-refractivity contribution in [3.8, 4) is 0 Å². The van der Waals surface area contributed by atoms with E-state index in [2.05, 4.69) is 51.9 Å². The molecule has 0 unspecified atom stereocenters. The molecule has 0 spiro atoms. The molecule has 2 aromatic rings. The highest BCUT2D eigenvalue weighted by Gasteiger charge is 2.37. The summed E-state index contributed by atoms with van der Waals surface area (Å²) in [4.78, 5) is 26.0. The number of amides is 1. The van der Waals surface area contributed by atoms with Gasteiger partial charge in [0, 0.05) is 62.5 Å². The largest absolute Gasteiger partial charge is 0.341 e. The van der Waals surface area contributed by atoms with Gasteiger partial charge >= 0.3 is 0 Å². The SMILES string of the molecule is C/N=C\c1ccc([C@@H]2C[C@@H](C)CN(C(=O)C3CN(C)C3)C2)c2cccnc12. The molecular weight excluding hydrogens is 336 g/mol. The molecule has 0 aliphatic carbocycles. The molecule has 0 N–H and O–H groups in total. The molecule has 5 heteroatoms. The highest BCUT2D eigenvalue weighted by molar-refractivity contribution is 5.99. The van der Waals surface area contributed by atoms with Crippen molar-refractivity contribution in [2.75, 3.05) is 40.3 Å². The van der Waals surface area contributed by atoms with Gasteiger partial charge in [-0.15, -0.1) is 0 Å². The van der Waals surface area contributed by atoms with Crippen molar-refractivity contribution < 1.29 is 4.79 Å². The molecule has 2 aliphatic heterocycles. The van der Waals surface area contributed by atoms with Crippen LogP contribution in [0.2, 0.25) is 0 Å². The molecule has 27 heavy (non-hydrogen) atoms. The van der Waals surface area contributed by atoms with Crippen LogP contribution in [-0.4, -0.2) is 67.2 Å². The number of aromatic nitrogens is 1. The van der Waals surface area contributed by atoms with Crippen molar-refractivity contribution in [1.29, 1.82) is 0 Å². The summed E-state index contributed by atoms with van der Waals surface area (Å²) in [6.45, 7) is 5.75. The van der Waals surface area contributed by atoms with E-state index in [1.807, 2.05) is 18.5 Å². The molecule has 0 bridgehead atoms. The summed E-state index contributed by atoms with van der Waals surface area (Å²) in [5.41, 5.74) is 3.35. The Bertz CT molecular complexity index is 872. The summed E-state index contributed by atoms with van der Waals surface area (Å²) in [5.74, 6) is 1.38. The van der Waals surface area contributed by atoms with Crippen molar-refractivity contribution in [2.24, 2.45) is 16.8 Å². The van der Waals surface area contributed by atoms with Gasteiger partial charge in [0.1, 0.15) is 0 Å². The third kappa shape index (κ3) is 3.48. The second-order valence-electron chi connectivity index (χ2n) is 8.23. The second kappa shape index (κ2) is 7.39. The smallest absolute Gasteiger partial charge is 0.228 e. The normalized spacial score (nSPS) is 24.5. The predicted octanol–water partition coefficient (Wildman–Crippen LogP) is 2.80. The Morgan fingerprint density at radius 2 is 2.04 bits per heavy atom. The van der Waals surface area contributed by atoms with Crippen LogP contribution >= 0.6 is 0 Å². The number of aliphatic imine (C=N–C) groups is 1. The van der Waals surface area contributed by atoms with Crippen LogP contribution in [0.15, 0.2) is 35.5 Å². The van der Waals surface area contributed by atoms with E-state index in [1.54, 1.807) is 7.05 Å². The van der Waals surface area contributed by atoms with Gasteiger partial charge in [-0.25, -0.2) is 0 Å². The zero-order valence-electron chi connectivity index (χ0n) is 16.4. The Labute approximate surface area is 161 Å². The number of carbonyl (C=O) groups excluding carboxylic acids is 1. The van der Waals surface area contributed by atoms with E-state index in [1.165, 1.54) is 10.9 Å². The third-order valence-electron chi connectivity index (χ3n) is 5.93. The van der Waals surface area contributed by atoms with E-state index in [0.717, 1.165) is 43.7 Å². The molecule has 1 amide bonds. The van der Waals surface area contributed by atoms with E-state index in [4.69, 9.17) is 0 Å². The lowest BCUT2D eigenvalue weighted by molar-refractivity contribution is -0.142. The number of benzene rings is 1. The van der Waals surface area contributed by atoms with Gasteiger partial charge in [-0.3, -0.25) is 14.8 Å². The van der Waals surface area contributed by atoms with Gasteiger partial charge in [-0.05, 0) is 31.0 Å². The molecular formula is C22H28N4O. The number of carbonyl (C=O) groups is 1. The number of piperidine rings is 1. The number of fused-ring (bicyclic) bond motifs is 1. The summed E-state index contributed by atoms with van der Waals surface area (Å²) >= 11 is 0. The molecule has 0 radical (unpaired) electrons. The van der Waals surface area contributed by atoms with Crippen LogP contribution in [0, 0.1) is 11.8 Å². The summed E-state index contributed by atoms with van der Waals surface area (Å²) in [5, 5.41) is 1.18. The predicted molar refractivity (Wildman–Crippen MR) is 109 cm³/mol. The summed E-state index contributed by atoms with van der Waals surface area (Å²) in [6, 6.07) is 8.47. The van der Waals surface area contributed by atoms with Crippen LogP contribution in [0.1, 0.15) is 30.4 Å². The Kier molecular flexibility index (Phi) is 4.96. The number of likely N-dealkylation sites (tertiary alicyclic amines) is 2. The maximum absolute atomic E-state index is 12.9. The molecule has 5 nitrogen and oxygen atoms in total. The zero-order chi connectivity index (χ0) is 19.0. The van der Waals surface area contributed by atoms with Crippen molar-refractivity contribution >= 4 is 23.0 Å². The Balaban J connectivity index is 1.64. The van der Waals surface area contributed by atoms with Crippen molar-refractivity contribution in [3.05, 3.63) is 41.6 Å². The van der Waals surface area contributed by atoms with E-state index in [-0.39, 0.29) is 5.92 Å². The van der Waals surface area contributed by atoms with Gasteiger partial charge in [-0.1, -0.05) is 25.1 Å². The van der Waals surface area contributed by atoms with Crippen LogP contribution in [0.25, 0.3) is 10.9 Å². The minimum absolute atomic E-state index is 0.183. The first kappa shape index (κ1) is 18.1. The van der Waals surface area contributed by atoms with Crippen LogP contribution < -0.4 is 0 Å². The standard InChI is InChI=1S/C22H28N4O/c1-15-9-17(14-26(11-15)22(27)18-12-25(3)13-18)19-7-6-16(10-23-2)21-20(19)5-4-8-24-21/h4-8,10,15,17-18H,9,11-14H2,1-3H3/b23-10-/t15-,17-/m1/s1. The van der Waals surface area contributed by atoms with Crippen LogP contribution in [-0.2, 0) is 4.79 Å². The summed E-state index contributed by atoms with van der Waals surface area (Å²) < 4.78 is 0. The lowest BCUT2D eigenvalue weighted by atomic mass is 9.82. The zero-order valence-corrected chi connectivity index (χ0v) is 16.4. The first-order chi connectivity index (χ1) is 13.1. The minimum Gasteiger partial charge on any atom is -0.341 e. The maximum Gasteiger partial charge on any atom is 0.228 e. The molecule has 1 aromatic carbocycles. The molecule has 142 valence electrons. The van der Waals surface area contributed by atoms with Gasteiger partial charge in [-0.2, -0.15) is 0 Å². The highest BCUT2D eigenvalue weighted by atomic mass is 16.2. The van der Waals surface area contributed by atoms with Crippen LogP contribution in [0.4, 0.5) is 0 Å². The quantitative estimate of drug-likeness (QED) is 0.787. The Morgan fingerprint density at radius 3 is 2.78 bits per heavy atom. The van der Waals surface area contributed by atoms with Gasteiger partial charge < -0.3 is 9.80 Å². The number of hydrogen-bond donors (Lipinski definition) is 0. The number of nitrogens with zero attached hydrogens (tertiary/aromatic N) is 4. The average molecular weight is 364 g/mol.